The molecule has 0 spiro atoms. The molecule has 7 heteroatoms. The van der Waals surface area contributed by atoms with Gasteiger partial charge in [-0.3, -0.25) is 20.7 Å². The molecule has 1 heterocycles. The van der Waals surface area contributed by atoms with Crippen LogP contribution in [0.5, 0.6) is 5.75 Å². The highest BCUT2D eigenvalue weighted by Crippen LogP contribution is 2.31. The lowest BCUT2D eigenvalue weighted by molar-refractivity contribution is 0.354. The number of fused-ring (bicyclic) bond motifs is 1. The van der Waals surface area contributed by atoms with Crippen molar-refractivity contribution < 1.29 is 4.74 Å². The minimum absolute atomic E-state index is 0.154. The van der Waals surface area contributed by atoms with Crippen LogP contribution in [0.25, 0.3) is 0 Å². The minimum atomic E-state index is 0.154. The van der Waals surface area contributed by atoms with E-state index in [4.69, 9.17) is 32.9 Å². The Morgan fingerprint density at radius 3 is 2.47 bits per heavy atom. The summed E-state index contributed by atoms with van der Waals surface area (Å²) in [4.78, 5) is 6.27. The van der Waals surface area contributed by atoms with E-state index in [1.54, 1.807) is 36.1 Å². The second kappa shape index (κ2) is 10.2. The zero-order valence-electron chi connectivity index (χ0n) is 18.0. The first-order chi connectivity index (χ1) is 15.4. The van der Waals surface area contributed by atoms with Crippen molar-refractivity contribution in [2.75, 3.05) is 24.6 Å². The van der Waals surface area contributed by atoms with Gasteiger partial charge in [0.15, 0.2) is 0 Å². The van der Waals surface area contributed by atoms with E-state index in [2.05, 4.69) is 18.2 Å². The highest BCUT2D eigenvalue weighted by atomic mass is 35.5. The van der Waals surface area contributed by atoms with E-state index >= 15 is 0 Å². The molecule has 0 saturated carbocycles. The molecule has 0 bridgehead atoms. The molecule has 32 heavy (non-hydrogen) atoms. The van der Waals surface area contributed by atoms with Gasteiger partial charge in [0.05, 0.1) is 17.9 Å². The Morgan fingerprint density at radius 1 is 1.19 bits per heavy atom. The third-order valence-electron chi connectivity index (χ3n) is 5.09. The second-order valence-corrected chi connectivity index (χ2v) is 7.61. The van der Waals surface area contributed by atoms with E-state index in [1.807, 2.05) is 30.3 Å². The standard InChI is InChI=1S/C25H26ClN5O/c1-4-17(13-27)18(5-2)15-32-21-10-11-23-22(12-21)25(19-6-8-20(26)9-7-19)30-14-24(29)31(23)16(3)28/h4-12,28-29H,1-2,13-15,27H2,3H3/b18-17-,28-16?,29-24?. The van der Waals surface area contributed by atoms with Gasteiger partial charge < -0.3 is 10.5 Å². The highest BCUT2D eigenvalue weighted by molar-refractivity contribution is 6.31. The Labute approximate surface area is 193 Å². The molecule has 0 aliphatic carbocycles. The van der Waals surface area contributed by atoms with Gasteiger partial charge in [0.2, 0.25) is 0 Å². The van der Waals surface area contributed by atoms with Gasteiger partial charge in [-0.05, 0) is 48.4 Å². The number of nitrogens with one attached hydrogen (secondary N) is 2. The lowest BCUT2D eigenvalue weighted by atomic mass is 9.99. The Balaban J connectivity index is 2.07. The number of halogens is 1. The molecule has 0 aromatic heterocycles. The van der Waals surface area contributed by atoms with Gasteiger partial charge >= 0.3 is 0 Å². The minimum Gasteiger partial charge on any atom is -0.489 e. The normalized spacial score (nSPS) is 14.0. The topological polar surface area (TPSA) is 98.6 Å². The van der Waals surface area contributed by atoms with Crippen LogP contribution in [-0.4, -0.2) is 37.1 Å². The fraction of sp³-hybridized carbons (Fsp3) is 0.160. The van der Waals surface area contributed by atoms with Crippen molar-refractivity contribution in [2.45, 2.75) is 6.92 Å². The first-order valence-electron chi connectivity index (χ1n) is 10.1. The maximum Gasteiger partial charge on any atom is 0.128 e. The van der Waals surface area contributed by atoms with Gasteiger partial charge in [-0.15, -0.1) is 0 Å². The van der Waals surface area contributed by atoms with Crippen LogP contribution in [0, 0.1) is 10.8 Å². The number of hydrogen-bond acceptors (Lipinski definition) is 5. The van der Waals surface area contributed by atoms with Crippen molar-refractivity contribution >= 4 is 34.7 Å². The number of nitrogens with zero attached hydrogens (tertiary/aromatic N) is 2. The molecule has 0 radical (unpaired) electrons. The van der Waals surface area contributed by atoms with Crippen molar-refractivity contribution in [3.8, 4) is 5.75 Å². The summed E-state index contributed by atoms with van der Waals surface area (Å²) in [5, 5.41) is 17.3. The molecule has 0 amide bonds. The fourth-order valence-electron chi connectivity index (χ4n) is 3.47. The van der Waals surface area contributed by atoms with Crippen molar-refractivity contribution in [1.29, 1.82) is 10.8 Å². The summed E-state index contributed by atoms with van der Waals surface area (Å²) >= 11 is 6.07. The number of rotatable bonds is 7. The van der Waals surface area contributed by atoms with E-state index in [0.717, 1.165) is 22.3 Å². The predicted molar refractivity (Wildman–Crippen MR) is 134 cm³/mol. The molecule has 1 aliphatic heterocycles. The van der Waals surface area contributed by atoms with E-state index < -0.39 is 0 Å². The number of benzodiazepines with no additional fused rings is 1. The molecule has 0 saturated heterocycles. The maximum atomic E-state index is 8.43. The van der Waals surface area contributed by atoms with Gasteiger partial charge in [-0.2, -0.15) is 0 Å². The smallest absolute Gasteiger partial charge is 0.128 e. The average molecular weight is 448 g/mol. The SMILES string of the molecule is C=C/C(CN)=C(\C=C)COc1ccc2c(c1)C(c1ccc(Cl)cc1)=NCC(=N)N2C(C)=N. The second-order valence-electron chi connectivity index (χ2n) is 7.17. The van der Waals surface area contributed by atoms with Gasteiger partial charge in [0, 0.05) is 22.7 Å². The molecule has 2 aromatic carbocycles. The van der Waals surface area contributed by atoms with Gasteiger partial charge in [0.25, 0.3) is 0 Å². The number of anilines is 1. The zero-order valence-corrected chi connectivity index (χ0v) is 18.7. The maximum absolute atomic E-state index is 8.43. The first-order valence-corrected chi connectivity index (χ1v) is 10.4. The van der Waals surface area contributed by atoms with Crippen LogP contribution in [0.3, 0.4) is 0 Å². The van der Waals surface area contributed by atoms with Crippen LogP contribution in [0.15, 0.2) is 83.9 Å². The van der Waals surface area contributed by atoms with E-state index in [9.17, 15) is 0 Å². The summed E-state index contributed by atoms with van der Waals surface area (Å²) in [7, 11) is 0. The molecular weight excluding hydrogens is 422 g/mol. The molecule has 4 N–H and O–H groups in total. The van der Waals surface area contributed by atoms with Gasteiger partial charge in [-0.1, -0.05) is 49.0 Å². The number of aliphatic imine (C=N–C) groups is 1. The van der Waals surface area contributed by atoms with Gasteiger partial charge in [-0.25, -0.2) is 0 Å². The Kier molecular flexibility index (Phi) is 7.41. The largest absolute Gasteiger partial charge is 0.489 e. The summed E-state index contributed by atoms with van der Waals surface area (Å²) < 4.78 is 6.04. The quantitative estimate of drug-likeness (QED) is 0.317. The molecule has 6 nitrogen and oxygen atoms in total. The molecule has 164 valence electrons. The summed E-state index contributed by atoms with van der Waals surface area (Å²) in [5.74, 6) is 1.10. The van der Waals surface area contributed by atoms with Crippen molar-refractivity contribution in [2.24, 2.45) is 10.7 Å². The Hall–Kier alpha value is -3.48. The number of ether oxygens (including phenoxy) is 1. The number of nitrogens with two attached hydrogens (primary N) is 1. The van der Waals surface area contributed by atoms with Crippen LogP contribution in [-0.2, 0) is 0 Å². The Bertz CT molecular complexity index is 1130. The highest BCUT2D eigenvalue weighted by Gasteiger charge is 2.25. The third-order valence-corrected chi connectivity index (χ3v) is 5.35. The number of hydrogen-bond donors (Lipinski definition) is 3. The third kappa shape index (κ3) is 4.88. The van der Waals surface area contributed by atoms with Crippen molar-refractivity contribution in [3.63, 3.8) is 0 Å². The molecule has 0 atom stereocenters. The number of benzene rings is 2. The summed E-state index contributed by atoms with van der Waals surface area (Å²) in [5.41, 5.74) is 10.6. The van der Waals surface area contributed by atoms with Crippen LogP contribution in [0.2, 0.25) is 5.02 Å². The molecular formula is C25H26ClN5O. The zero-order chi connectivity index (χ0) is 23.3. The average Bonchev–Trinajstić information content (AvgIpc) is 2.93. The fourth-order valence-corrected chi connectivity index (χ4v) is 3.60. The lowest BCUT2D eigenvalue weighted by Crippen LogP contribution is -2.35. The first kappa shape index (κ1) is 23.2. The van der Waals surface area contributed by atoms with Crippen molar-refractivity contribution in [3.05, 3.63) is 95.1 Å². The summed E-state index contributed by atoms with van der Waals surface area (Å²) in [6.07, 6.45) is 3.43. The van der Waals surface area contributed by atoms with E-state index in [0.29, 0.717) is 28.7 Å². The van der Waals surface area contributed by atoms with Gasteiger partial charge in [0.1, 0.15) is 24.0 Å². The summed E-state index contributed by atoms with van der Waals surface area (Å²) in [6.45, 7) is 10.1. The van der Waals surface area contributed by atoms with E-state index in [1.165, 1.54) is 0 Å². The van der Waals surface area contributed by atoms with Crippen LogP contribution < -0.4 is 15.4 Å². The van der Waals surface area contributed by atoms with Crippen molar-refractivity contribution in [1.82, 2.24) is 0 Å². The van der Waals surface area contributed by atoms with E-state index in [-0.39, 0.29) is 24.8 Å². The molecule has 0 fully saturated rings. The molecule has 2 aromatic rings. The number of amidine groups is 2. The molecule has 3 rings (SSSR count). The molecule has 0 unspecified atom stereocenters. The Morgan fingerprint density at radius 2 is 1.88 bits per heavy atom. The van der Waals surface area contributed by atoms with Crippen LogP contribution in [0.1, 0.15) is 18.1 Å². The lowest BCUT2D eigenvalue weighted by Gasteiger charge is -2.24. The summed E-state index contributed by atoms with van der Waals surface area (Å²) in [6, 6.07) is 13.0. The predicted octanol–water partition coefficient (Wildman–Crippen LogP) is 4.98. The monoisotopic (exact) mass is 447 g/mol. The van der Waals surface area contributed by atoms with Crippen LogP contribution >= 0.6 is 11.6 Å². The van der Waals surface area contributed by atoms with Crippen LogP contribution in [0.4, 0.5) is 5.69 Å². The molecule has 1 aliphatic rings.